The van der Waals surface area contributed by atoms with E-state index < -0.39 is 0 Å². The molecule has 2 aromatic carbocycles. The van der Waals surface area contributed by atoms with Gasteiger partial charge in [0.2, 0.25) is 0 Å². The Morgan fingerprint density at radius 1 is 1.00 bits per heavy atom. The van der Waals surface area contributed by atoms with E-state index in [9.17, 15) is 0 Å². The Labute approximate surface area is 116 Å². The maximum Gasteiger partial charge on any atom is 0.0647 e. The first-order valence-electron chi connectivity index (χ1n) is 5.89. The van der Waals surface area contributed by atoms with Crippen molar-refractivity contribution in [1.82, 2.24) is 9.78 Å². The molecule has 0 aliphatic heterocycles. The lowest BCUT2D eigenvalue weighted by atomic mass is 10.1. The van der Waals surface area contributed by atoms with Crippen molar-refractivity contribution >= 4 is 17.3 Å². The number of aromatic nitrogens is 2. The van der Waals surface area contributed by atoms with E-state index in [1.165, 1.54) is 0 Å². The number of nitrogens with zero attached hydrogens (tertiary/aromatic N) is 2. The second kappa shape index (κ2) is 4.78. The molecular formula is C15H12ClN3. The molecule has 0 aliphatic rings. The summed E-state index contributed by atoms with van der Waals surface area (Å²) < 4.78 is 1.80. The molecule has 0 saturated heterocycles. The summed E-state index contributed by atoms with van der Waals surface area (Å²) in [4.78, 5) is 0. The molecule has 0 fully saturated rings. The van der Waals surface area contributed by atoms with E-state index in [1.54, 1.807) is 10.9 Å². The van der Waals surface area contributed by atoms with Crippen LogP contribution in [0.5, 0.6) is 0 Å². The Hall–Kier alpha value is -2.26. The van der Waals surface area contributed by atoms with Crippen LogP contribution in [0.4, 0.5) is 5.69 Å². The fraction of sp³-hybridized carbons (Fsp3) is 0. The number of hydrogen-bond acceptors (Lipinski definition) is 2. The highest BCUT2D eigenvalue weighted by Crippen LogP contribution is 2.27. The zero-order chi connectivity index (χ0) is 13.2. The van der Waals surface area contributed by atoms with Crippen LogP contribution in [0.25, 0.3) is 16.8 Å². The van der Waals surface area contributed by atoms with Gasteiger partial charge in [0.05, 0.1) is 11.9 Å². The first-order chi connectivity index (χ1) is 9.24. The molecule has 3 nitrogen and oxygen atoms in total. The van der Waals surface area contributed by atoms with E-state index in [4.69, 9.17) is 17.3 Å². The van der Waals surface area contributed by atoms with Gasteiger partial charge in [-0.2, -0.15) is 5.10 Å². The van der Waals surface area contributed by atoms with Gasteiger partial charge in [-0.15, -0.1) is 0 Å². The van der Waals surface area contributed by atoms with Crippen molar-refractivity contribution in [2.75, 3.05) is 5.73 Å². The van der Waals surface area contributed by atoms with Gasteiger partial charge in [0.1, 0.15) is 0 Å². The summed E-state index contributed by atoms with van der Waals surface area (Å²) in [5, 5.41) is 5.07. The zero-order valence-electron chi connectivity index (χ0n) is 10.1. The molecule has 2 N–H and O–H groups in total. The van der Waals surface area contributed by atoms with Crippen LogP contribution in [0.15, 0.2) is 60.9 Å². The van der Waals surface area contributed by atoms with E-state index in [2.05, 4.69) is 5.10 Å². The molecule has 19 heavy (non-hydrogen) atoms. The monoisotopic (exact) mass is 269 g/mol. The summed E-state index contributed by atoms with van der Waals surface area (Å²) in [6.45, 7) is 0. The van der Waals surface area contributed by atoms with Crippen molar-refractivity contribution in [2.45, 2.75) is 0 Å². The Bertz CT molecular complexity index is 701. The van der Waals surface area contributed by atoms with Crippen LogP contribution in [-0.4, -0.2) is 9.78 Å². The number of halogens is 1. The highest BCUT2D eigenvalue weighted by molar-refractivity contribution is 6.33. The molecule has 94 valence electrons. The van der Waals surface area contributed by atoms with Crippen molar-refractivity contribution in [2.24, 2.45) is 0 Å². The van der Waals surface area contributed by atoms with Crippen molar-refractivity contribution in [3.8, 4) is 16.8 Å². The predicted molar refractivity (Wildman–Crippen MR) is 78.4 cm³/mol. The van der Waals surface area contributed by atoms with Crippen LogP contribution in [0.1, 0.15) is 0 Å². The minimum Gasteiger partial charge on any atom is -0.399 e. The maximum absolute atomic E-state index is 6.18. The SMILES string of the molecule is Nc1ccc(-n2cc(-c3ccccc3Cl)cn2)cc1. The molecule has 3 rings (SSSR count). The van der Waals surface area contributed by atoms with Crippen LogP contribution in [0.2, 0.25) is 5.02 Å². The third-order valence-electron chi connectivity index (χ3n) is 2.93. The molecule has 0 aliphatic carbocycles. The molecule has 0 saturated carbocycles. The van der Waals surface area contributed by atoms with Crippen molar-refractivity contribution in [1.29, 1.82) is 0 Å². The number of benzene rings is 2. The number of anilines is 1. The number of nitrogen functional groups attached to an aromatic ring is 1. The van der Waals surface area contributed by atoms with Gasteiger partial charge in [-0.25, -0.2) is 4.68 Å². The summed E-state index contributed by atoms with van der Waals surface area (Å²) in [6.07, 6.45) is 3.75. The summed E-state index contributed by atoms with van der Waals surface area (Å²) in [6, 6.07) is 15.3. The van der Waals surface area contributed by atoms with E-state index in [0.29, 0.717) is 0 Å². The molecule has 0 unspecified atom stereocenters. The Morgan fingerprint density at radius 3 is 2.47 bits per heavy atom. The third-order valence-corrected chi connectivity index (χ3v) is 3.25. The largest absolute Gasteiger partial charge is 0.399 e. The maximum atomic E-state index is 6.18. The normalized spacial score (nSPS) is 10.6. The summed E-state index contributed by atoms with van der Waals surface area (Å²) in [5.41, 5.74) is 9.34. The van der Waals surface area contributed by atoms with Gasteiger partial charge in [0, 0.05) is 28.0 Å². The van der Waals surface area contributed by atoms with Crippen LogP contribution < -0.4 is 5.73 Å². The lowest BCUT2D eigenvalue weighted by Crippen LogP contribution is -1.94. The molecule has 0 atom stereocenters. The van der Waals surface area contributed by atoms with E-state index in [0.717, 1.165) is 27.5 Å². The predicted octanol–water partition coefficient (Wildman–Crippen LogP) is 3.77. The fourth-order valence-corrected chi connectivity index (χ4v) is 2.17. The highest BCUT2D eigenvalue weighted by atomic mass is 35.5. The number of hydrogen-bond donors (Lipinski definition) is 1. The average molecular weight is 270 g/mol. The quantitative estimate of drug-likeness (QED) is 0.720. The van der Waals surface area contributed by atoms with Crippen LogP contribution in [0.3, 0.4) is 0 Å². The lowest BCUT2D eigenvalue weighted by Gasteiger charge is -2.02. The summed E-state index contributed by atoms with van der Waals surface area (Å²) in [5.74, 6) is 0. The topological polar surface area (TPSA) is 43.8 Å². The first kappa shape index (κ1) is 11.8. The van der Waals surface area contributed by atoms with Gasteiger partial charge < -0.3 is 5.73 Å². The smallest absolute Gasteiger partial charge is 0.0647 e. The Balaban J connectivity index is 2.00. The minimum atomic E-state index is 0.722. The fourth-order valence-electron chi connectivity index (χ4n) is 1.93. The van der Waals surface area contributed by atoms with Crippen LogP contribution in [0, 0.1) is 0 Å². The molecule has 0 spiro atoms. The van der Waals surface area contributed by atoms with Gasteiger partial charge >= 0.3 is 0 Å². The van der Waals surface area contributed by atoms with Gasteiger partial charge in [-0.3, -0.25) is 0 Å². The number of rotatable bonds is 2. The lowest BCUT2D eigenvalue weighted by molar-refractivity contribution is 0.881. The first-order valence-corrected chi connectivity index (χ1v) is 6.27. The van der Waals surface area contributed by atoms with Gasteiger partial charge in [-0.05, 0) is 30.3 Å². The van der Waals surface area contributed by atoms with Gasteiger partial charge in [0.25, 0.3) is 0 Å². The molecule has 1 heterocycles. The Kier molecular flexibility index (Phi) is 2.97. The highest BCUT2D eigenvalue weighted by Gasteiger charge is 2.06. The molecule has 0 bridgehead atoms. The van der Waals surface area contributed by atoms with Crippen LogP contribution in [-0.2, 0) is 0 Å². The minimum absolute atomic E-state index is 0.722. The molecule has 4 heteroatoms. The Morgan fingerprint density at radius 2 is 1.74 bits per heavy atom. The number of nitrogens with two attached hydrogens (primary N) is 1. The second-order valence-corrected chi connectivity index (χ2v) is 4.65. The van der Waals surface area contributed by atoms with Crippen molar-refractivity contribution in [3.63, 3.8) is 0 Å². The van der Waals surface area contributed by atoms with Gasteiger partial charge in [0.15, 0.2) is 0 Å². The molecule has 0 radical (unpaired) electrons. The van der Waals surface area contributed by atoms with Crippen molar-refractivity contribution < 1.29 is 0 Å². The molecular weight excluding hydrogens is 258 g/mol. The molecule has 0 amide bonds. The standard InChI is InChI=1S/C15H12ClN3/c16-15-4-2-1-3-14(15)11-9-18-19(10-11)13-7-5-12(17)6-8-13/h1-10H,17H2. The van der Waals surface area contributed by atoms with E-state index in [-0.39, 0.29) is 0 Å². The second-order valence-electron chi connectivity index (χ2n) is 4.24. The van der Waals surface area contributed by atoms with E-state index in [1.807, 2.05) is 54.7 Å². The van der Waals surface area contributed by atoms with Crippen LogP contribution >= 0.6 is 11.6 Å². The summed E-state index contributed by atoms with van der Waals surface area (Å²) >= 11 is 6.18. The van der Waals surface area contributed by atoms with Gasteiger partial charge in [-0.1, -0.05) is 29.8 Å². The molecule has 3 aromatic rings. The van der Waals surface area contributed by atoms with Crippen molar-refractivity contribution in [3.05, 3.63) is 65.9 Å². The average Bonchev–Trinajstić information content (AvgIpc) is 2.89. The summed E-state index contributed by atoms with van der Waals surface area (Å²) in [7, 11) is 0. The molecule has 1 aromatic heterocycles. The third kappa shape index (κ3) is 2.33. The zero-order valence-corrected chi connectivity index (χ0v) is 10.9. The van der Waals surface area contributed by atoms with E-state index >= 15 is 0 Å².